The lowest BCUT2D eigenvalue weighted by Crippen LogP contribution is -2.51. The molecule has 0 radical (unpaired) electrons. The van der Waals surface area contributed by atoms with Crippen LogP contribution < -0.4 is 10.1 Å². The van der Waals surface area contributed by atoms with E-state index >= 15 is 0 Å². The van der Waals surface area contributed by atoms with E-state index in [1.165, 1.54) is 0 Å². The van der Waals surface area contributed by atoms with Crippen molar-refractivity contribution >= 4 is 11.8 Å². The summed E-state index contributed by atoms with van der Waals surface area (Å²) in [6, 6.07) is 9.67. The maximum absolute atomic E-state index is 12.9. The van der Waals surface area contributed by atoms with E-state index in [-0.39, 0.29) is 11.8 Å². The molecule has 0 bridgehead atoms. The first kappa shape index (κ1) is 21.9. The lowest BCUT2D eigenvalue weighted by Gasteiger charge is -2.39. The van der Waals surface area contributed by atoms with Crippen LogP contribution in [-0.2, 0) is 22.7 Å². The van der Waals surface area contributed by atoms with E-state index in [1.807, 2.05) is 60.7 Å². The van der Waals surface area contributed by atoms with E-state index < -0.39 is 5.41 Å². The maximum Gasteiger partial charge on any atom is 0.227 e. The summed E-state index contributed by atoms with van der Waals surface area (Å²) in [4.78, 5) is 27.6. The van der Waals surface area contributed by atoms with Gasteiger partial charge in [-0.15, -0.1) is 0 Å². The lowest BCUT2D eigenvalue weighted by atomic mass is 9.80. The van der Waals surface area contributed by atoms with Crippen LogP contribution in [0.1, 0.15) is 43.1 Å². The van der Waals surface area contributed by atoms with Crippen molar-refractivity contribution in [3.63, 3.8) is 0 Å². The zero-order valence-electron chi connectivity index (χ0n) is 18.4. The first-order valence-corrected chi connectivity index (χ1v) is 10.5. The molecule has 0 spiro atoms. The summed E-state index contributed by atoms with van der Waals surface area (Å²) < 4.78 is 7.11. The minimum Gasteiger partial charge on any atom is -0.497 e. The second-order valence-corrected chi connectivity index (χ2v) is 8.41. The number of methoxy groups -OCH3 is 1. The molecule has 30 heavy (non-hydrogen) atoms. The van der Waals surface area contributed by atoms with Crippen LogP contribution in [0.25, 0.3) is 0 Å². The molecule has 1 N–H and O–H groups in total. The molecule has 1 fully saturated rings. The second-order valence-electron chi connectivity index (χ2n) is 8.41. The topological polar surface area (TPSA) is 76.5 Å². The number of hydrogen-bond donors (Lipinski definition) is 1. The highest BCUT2D eigenvalue weighted by molar-refractivity contribution is 5.84. The quantitative estimate of drug-likeness (QED) is 0.759. The number of carbonyl (C=O) groups is 2. The lowest BCUT2D eigenvalue weighted by molar-refractivity contribution is -0.140. The number of hydrogen-bond acceptors (Lipinski definition) is 4. The maximum atomic E-state index is 12.9. The predicted octanol–water partition coefficient (Wildman–Crippen LogP) is 2.84. The Morgan fingerprint density at radius 1 is 1.27 bits per heavy atom. The summed E-state index contributed by atoms with van der Waals surface area (Å²) in [5, 5.41) is 7.46. The normalized spacial score (nSPS) is 18.9. The van der Waals surface area contributed by atoms with Crippen LogP contribution in [-0.4, -0.2) is 46.7 Å². The van der Waals surface area contributed by atoms with Gasteiger partial charge in [-0.1, -0.05) is 12.1 Å². The molecule has 2 heterocycles. The molecule has 2 aromatic rings. The van der Waals surface area contributed by atoms with E-state index in [1.54, 1.807) is 7.11 Å². The van der Waals surface area contributed by atoms with Gasteiger partial charge in [-0.05, 0) is 57.4 Å². The molecule has 162 valence electrons. The Labute approximate surface area is 178 Å². The number of nitrogens with one attached hydrogen (secondary N) is 1. The molecule has 1 saturated heterocycles. The fourth-order valence-corrected chi connectivity index (χ4v) is 4.08. The molecule has 0 aliphatic carbocycles. The van der Waals surface area contributed by atoms with Crippen LogP contribution in [0.4, 0.5) is 0 Å². The van der Waals surface area contributed by atoms with E-state index in [4.69, 9.17) is 4.74 Å². The van der Waals surface area contributed by atoms with Gasteiger partial charge in [-0.3, -0.25) is 14.3 Å². The number of piperidine rings is 1. The summed E-state index contributed by atoms with van der Waals surface area (Å²) in [6.07, 6.45) is 2.00. The molecule has 3 rings (SSSR count). The number of benzene rings is 1. The van der Waals surface area contributed by atoms with Gasteiger partial charge in [0.25, 0.3) is 0 Å². The van der Waals surface area contributed by atoms with Crippen molar-refractivity contribution in [3.05, 3.63) is 47.3 Å². The minimum atomic E-state index is -0.578. The van der Waals surface area contributed by atoms with Gasteiger partial charge in [0.1, 0.15) is 5.75 Å². The average Bonchev–Trinajstić information content (AvgIpc) is 3.07. The van der Waals surface area contributed by atoms with Crippen molar-refractivity contribution in [1.29, 1.82) is 0 Å². The molecule has 1 aromatic heterocycles. The van der Waals surface area contributed by atoms with Crippen molar-refractivity contribution in [2.75, 3.05) is 20.2 Å². The predicted molar refractivity (Wildman–Crippen MR) is 115 cm³/mol. The van der Waals surface area contributed by atoms with Crippen molar-refractivity contribution in [2.45, 2.75) is 53.1 Å². The third-order valence-corrected chi connectivity index (χ3v) is 5.83. The van der Waals surface area contributed by atoms with E-state index in [9.17, 15) is 9.59 Å². The molecule has 1 aromatic carbocycles. The summed E-state index contributed by atoms with van der Waals surface area (Å²) in [5.74, 6) is 0.834. The van der Waals surface area contributed by atoms with Crippen molar-refractivity contribution < 1.29 is 14.3 Å². The Morgan fingerprint density at radius 3 is 2.77 bits per heavy atom. The molecule has 7 nitrogen and oxygen atoms in total. The van der Waals surface area contributed by atoms with Gasteiger partial charge in [0.15, 0.2) is 0 Å². The molecular formula is C23H32N4O3. The number of aryl methyl sites for hydroxylation is 3. The van der Waals surface area contributed by atoms with E-state index in [0.29, 0.717) is 32.6 Å². The van der Waals surface area contributed by atoms with Crippen LogP contribution in [0.2, 0.25) is 0 Å². The molecule has 2 amide bonds. The summed E-state index contributed by atoms with van der Waals surface area (Å²) in [6.45, 7) is 8.06. The van der Waals surface area contributed by atoms with Crippen molar-refractivity contribution in [1.82, 2.24) is 20.0 Å². The van der Waals surface area contributed by atoms with Crippen LogP contribution in [0.15, 0.2) is 30.3 Å². The fourth-order valence-electron chi connectivity index (χ4n) is 4.08. The van der Waals surface area contributed by atoms with Gasteiger partial charge >= 0.3 is 0 Å². The molecule has 0 unspecified atom stereocenters. The first-order chi connectivity index (χ1) is 14.3. The first-order valence-electron chi connectivity index (χ1n) is 10.5. The molecule has 7 heteroatoms. The van der Waals surface area contributed by atoms with Gasteiger partial charge in [-0.25, -0.2) is 0 Å². The van der Waals surface area contributed by atoms with Gasteiger partial charge < -0.3 is 15.0 Å². The van der Waals surface area contributed by atoms with Crippen LogP contribution in [0, 0.1) is 19.3 Å². The highest BCUT2D eigenvalue weighted by atomic mass is 16.5. The molecule has 1 aliphatic rings. The largest absolute Gasteiger partial charge is 0.497 e. The average molecular weight is 413 g/mol. The highest BCUT2D eigenvalue weighted by Gasteiger charge is 2.39. The smallest absolute Gasteiger partial charge is 0.227 e. The van der Waals surface area contributed by atoms with Gasteiger partial charge in [0.05, 0.1) is 18.2 Å². The summed E-state index contributed by atoms with van der Waals surface area (Å²) in [7, 11) is 1.63. The zero-order valence-corrected chi connectivity index (χ0v) is 18.4. The van der Waals surface area contributed by atoms with E-state index in [2.05, 4.69) is 10.4 Å². The third kappa shape index (κ3) is 5.20. The minimum absolute atomic E-state index is 0.0126. The number of aromatic nitrogens is 2. The Kier molecular flexibility index (Phi) is 6.80. The molecular weight excluding hydrogens is 380 g/mol. The number of nitrogens with zero attached hydrogens (tertiary/aromatic N) is 3. The fraction of sp³-hybridized carbons (Fsp3) is 0.522. The highest BCUT2D eigenvalue weighted by Crippen LogP contribution is 2.30. The Balaban J connectivity index is 1.55. The number of rotatable bonds is 7. The van der Waals surface area contributed by atoms with Crippen molar-refractivity contribution in [3.8, 4) is 5.75 Å². The molecule has 1 aliphatic heterocycles. The SMILES string of the molecule is COc1cccc(CNC(=O)[C@@]2(C)CCCN(C(=O)CCn3nc(C)cc3C)C2)c1. The monoisotopic (exact) mass is 412 g/mol. The molecule has 1 atom stereocenters. The summed E-state index contributed by atoms with van der Waals surface area (Å²) in [5.41, 5.74) is 2.42. The Hall–Kier alpha value is -2.83. The van der Waals surface area contributed by atoms with Crippen LogP contribution >= 0.6 is 0 Å². The van der Waals surface area contributed by atoms with Crippen LogP contribution in [0.5, 0.6) is 5.75 Å². The van der Waals surface area contributed by atoms with E-state index in [0.717, 1.165) is 35.5 Å². The second kappa shape index (κ2) is 9.32. The van der Waals surface area contributed by atoms with Gasteiger partial charge in [0, 0.05) is 38.3 Å². The number of amides is 2. The Bertz CT molecular complexity index is 908. The summed E-state index contributed by atoms with van der Waals surface area (Å²) >= 11 is 0. The zero-order chi connectivity index (χ0) is 21.7. The Morgan fingerprint density at radius 2 is 2.07 bits per heavy atom. The van der Waals surface area contributed by atoms with Gasteiger partial charge in [-0.2, -0.15) is 5.10 Å². The standard InChI is InChI=1S/C23H32N4O3/c1-17-13-18(2)27(25-17)12-9-21(28)26-11-6-10-23(3,16-26)22(29)24-15-19-7-5-8-20(14-19)30-4/h5,7-8,13-14H,6,9-12,15-16H2,1-4H3,(H,24,29)/t23-/m0/s1. The number of likely N-dealkylation sites (tertiary alicyclic amines) is 1. The third-order valence-electron chi connectivity index (χ3n) is 5.83. The number of ether oxygens (including phenoxy) is 1. The van der Waals surface area contributed by atoms with Crippen molar-refractivity contribution in [2.24, 2.45) is 5.41 Å². The number of carbonyl (C=O) groups excluding carboxylic acids is 2. The molecule has 0 saturated carbocycles. The van der Waals surface area contributed by atoms with Gasteiger partial charge in [0.2, 0.25) is 11.8 Å². The van der Waals surface area contributed by atoms with Crippen LogP contribution in [0.3, 0.4) is 0 Å².